The summed E-state index contributed by atoms with van der Waals surface area (Å²) in [6, 6.07) is 8.17. The minimum absolute atomic E-state index is 0.0996. The Bertz CT molecular complexity index is 757. The summed E-state index contributed by atoms with van der Waals surface area (Å²) in [5.41, 5.74) is -0.106. The lowest BCUT2D eigenvalue weighted by molar-refractivity contribution is 0.575. The molecule has 0 aliphatic rings. The second-order valence-corrected chi connectivity index (χ2v) is 5.50. The smallest absolute Gasteiger partial charge is 0.207 e. The summed E-state index contributed by atoms with van der Waals surface area (Å²) in [4.78, 5) is -0.399. The molecule has 0 atom stereocenters. The van der Waals surface area contributed by atoms with Crippen LogP contribution in [0.15, 0.2) is 41.4 Å². The lowest BCUT2D eigenvalue weighted by atomic mass is 10.2. The van der Waals surface area contributed by atoms with Crippen LogP contribution >= 0.6 is 0 Å². The first kappa shape index (κ1) is 14.0. The third-order valence-corrected chi connectivity index (χ3v) is 3.89. The molecule has 2 aromatic rings. The molecule has 1 aromatic carbocycles. The monoisotopic (exact) mass is 292 g/mol. The van der Waals surface area contributed by atoms with E-state index in [0.29, 0.717) is 5.69 Å². The van der Waals surface area contributed by atoms with Gasteiger partial charge in [-0.05, 0) is 24.3 Å². The van der Waals surface area contributed by atoms with Gasteiger partial charge >= 0.3 is 0 Å². The van der Waals surface area contributed by atoms with E-state index in [1.807, 2.05) is 0 Å². The number of rotatable bonds is 4. The van der Waals surface area contributed by atoms with E-state index in [-0.39, 0.29) is 6.54 Å². The molecule has 0 unspecified atom stereocenters. The van der Waals surface area contributed by atoms with Crippen LogP contribution in [-0.2, 0) is 16.6 Å². The average molecular weight is 292 g/mol. The van der Waals surface area contributed by atoms with Gasteiger partial charge < -0.3 is 0 Å². The summed E-state index contributed by atoms with van der Waals surface area (Å²) < 4.78 is 39.8. The van der Waals surface area contributed by atoms with Gasteiger partial charge in [0.1, 0.15) is 22.3 Å². The van der Waals surface area contributed by atoms with Crippen LogP contribution in [0.5, 0.6) is 0 Å². The molecule has 0 aliphatic heterocycles. The highest BCUT2D eigenvalue weighted by Crippen LogP contribution is 2.17. The Balaban J connectivity index is 2.28. The van der Waals surface area contributed by atoms with Gasteiger partial charge in [-0.1, -0.05) is 6.07 Å². The fourth-order valence-corrected chi connectivity index (χ4v) is 2.67. The van der Waals surface area contributed by atoms with Crippen LogP contribution in [0.1, 0.15) is 11.3 Å². The fourth-order valence-electron chi connectivity index (χ4n) is 1.51. The fraction of sp³-hybridized carbons (Fsp3) is 0.0833. The Morgan fingerprint density at radius 2 is 2.10 bits per heavy atom. The predicted octanol–water partition coefficient (Wildman–Crippen LogP) is 0.966. The van der Waals surface area contributed by atoms with E-state index in [1.165, 1.54) is 18.3 Å². The molecule has 0 fully saturated rings. The molecule has 8 heteroatoms. The average Bonchev–Trinajstić information content (AvgIpc) is 2.46. The van der Waals surface area contributed by atoms with Crippen molar-refractivity contribution in [2.75, 3.05) is 0 Å². The molecule has 2 rings (SSSR count). The largest absolute Gasteiger partial charge is 0.242 e. The summed E-state index contributed by atoms with van der Waals surface area (Å²) in [7, 11) is -4.00. The standard InChI is InChI=1S/C12H9FN4O2S/c13-11-4-1-5-12(10(11)7-14)20(18,19)16-8-9-3-2-6-15-17-9/h1-6,16H,8H2. The van der Waals surface area contributed by atoms with Crippen LogP contribution in [-0.4, -0.2) is 18.6 Å². The number of nitriles is 1. The van der Waals surface area contributed by atoms with Crippen LogP contribution in [0.3, 0.4) is 0 Å². The molecule has 6 nitrogen and oxygen atoms in total. The molecule has 0 radical (unpaired) electrons. The third kappa shape index (κ3) is 2.96. The van der Waals surface area contributed by atoms with E-state index >= 15 is 0 Å². The molecular formula is C12H9FN4O2S. The van der Waals surface area contributed by atoms with Crippen molar-refractivity contribution in [2.45, 2.75) is 11.4 Å². The molecular weight excluding hydrogens is 283 g/mol. The van der Waals surface area contributed by atoms with Crippen molar-refractivity contribution >= 4 is 10.0 Å². The lowest BCUT2D eigenvalue weighted by Crippen LogP contribution is -2.25. The maximum atomic E-state index is 13.4. The van der Waals surface area contributed by atoms with Gasteiger partial charge in [-0.2, -0.15) is 15.5 Å². The normalized spacial score (nSPS) is 11.0. The Hall–Kier alpha value is -2.37. The maximum Gasteiger partial charge on any atom is 0.242 e. The van der Waals surface area contributed by atoms with Gasteiger partial charge in [0, 0.05) is 6.20 Å². The SMILES string of the molecule is N#Cc1c(F)cccc1S(=O)(=O)NCc1cccnn1. The molecule has 1 N–H and O–H groups in total. The number of aromatic nitrogens is 2. The molecule has 0 aliphatic carbocycles. The van der Waals surface area contributed by atoms with Gasteiger partial charge in [0.05, 0.1) is 12.2 Å². The van der Waals surface area contributed by atoms with Crippen LogP contribution in [0.25, 0.3) is 0 Å². The molecule has 0 spiro atoms. The first-order valence-electron chi connectivity index (χ1n) is 5.49. The van der Waals surface area contributed by atoms with Crippen molar-refractivity contribution in [3.05, 3.63) is 53.6 Å². The zero-order valence-electron chi connectivity index (χ0n) is 10.1. The number of benzene rings is 1. The summed E-state index contributed by atoms with van der Waals surface area (Å²) in [5.74, 6) is -0.880. The van der Waals surface area contributed by atoms with E-state index in [9.17, 15) is 12.8 Å². The lowest BCUT2D eigenvalue weighted by Gasteiger charge is -2.07. The highest BCUT2D eigenvalue weighted by Gasteiger charge is 2.20. The van der Waals surface area contributed by atoms with Crippen LogP contribution in [0.4, 0.5) is 4.39 Å². The number of sulfonamides is 1. The molecule has 0 saturated carbocycles. The molecule has 102 valence electrons. The highest BCUT2D eigenvalue weighted by atomic mass is 32.2. The van der Waals surface area contributed by atoms with Crippen LogP contribution < -0.4 is 4.72 Å². The summed E-state index contributed by atoms with van der Waals surface area (Å²) in [6.07, 6.45) is 1.46. The zero-order valence-corrected chi connectivity index (χ0v) is 10.9. The van der Waals surface area contributed by atoms with Crippen molar-refractivity contribution in [1.29, 1.82) is 5.26 Å². The molecule has 0 amide bonds. The minimum atomic E-state index is -4.00. The van der Waals surface area contributed by atoms with Gasteiger partial charge in [-0.15, -0.1) is 0 Å². The van der Waals surface area contributed by atoms with Crippen LogP contribution in [0, 0.1) is 17.1 Å². The number of halogens is 1. The van der Waals surface area contributed by atoms with Crippen LogP contribution in [0.2, 0.25) is 0 Å². The van der Waals surface area contributed by atoms with Gasteiger partial charge in [0.2, 0.25) is 10.0 Å². The van der Waals surface area contributed by atoms with Crippen molar-refractivity contribution in [3.8, 4) is 6.07 Å². The van der Waals surface area contributed by atoms with Gasteiger partial charge in [0.25, 0.3) is 0 Å². The van der Waals surface area contributed by atoms with E-state index in [0.717, 1.165) is 6.07 Å². The number of hydrogen-bond acceptors (Lipinski definition) is 5. The molecule has 1 aromatic heterocycles. The van der Waals surface area contributed by atoms with E-state index in [2.05, 4.69) is 14.9 Å². The number of nitrogens with zero attached hydrogens (tertiary/aromatic N) is 3. The minimum Gasteiger partial charge on any atom is -0.207 e. The number of nitrogens with one attached hydrogen (secondary N) is 1. The Kier molecular flexibility index (Phi) is 4.02. The van der Waals surface area contributed by atoms with E-state index < -0.39 is 26.3 Å². The van der Waals surface area contributed by atoms with Crippen molar-refractivity contribution in [1.82, 2.24) is 14.9 Å². The van der Waals surface area contributed by atoms with Crippen molar-refractivity contribution in [3.63, 3.8) is 0 Å². The molecule has 1 heterocycles. The van der Waals surface area contributed by atoms with Crippen molar-refractivity contribution < 1.29 is 12.8 Å². The molecule has 0 bridgehead atoms. The summed E-state index contributed by atoms with van der Waals surface area (Å²) in [6.45, 7) is -0.0996. The maximum absolute atomic E-state index is 13.4. The van der Waals surface area contributed by atoms with E-state index in [4.69, 9.17) is 5.26 Å². The molecule has 0 saturated heterocycles. The summed E-state index contributed by atoms with van der Waals surface area (Å²) in [5, 5.41) is 16.2. The predicted molar refractivity (Wildman–Crippen MR) is 67.2 cm³/mol. The van der Waals surface area contributed by atoms with Gasteiger partial charge in [-0.25, -0.2) is 17.5 Å². The topological polar surface area (TPSA) is 95.7 Å². The van der Waals surface area contributed by atoms with Gasteiger partial charge in [0.15, 0.2) is 0 Å². The number of hydrogen-bond donors (Lipinski definition) is 1. The Morgan fingerprint density at radius 3 is 2.75 bits per heavy atom. The second-order valence-electron chi connectivity index (χ2n) is 3.76. The first-order valence-corrected chi connectivity index (χ1v) is 6.98. The van der Waals surface area contributed by atoms with E-state index in [1.54, 1.807) is 18.2 Å². The molecule has 20 heavy (non-hydrogen) atoms. The first-order chi connectivity index (χ1) is 9.54. The highest BCUT2D eigenvalue weighted by molar-refractivity contribution is 7.89. The Labute approximate surface area is 114 Å². The third-order valence-electron chi connectivity index (χ3n) is 2.45. The summed E-state index contributed by atoms with van der Waals surface area (Å²) >= 11 is 0. The second kappa shape index (κ2) is 5.73. The Morgan fingerprint density at radius 1 is 1.30 bits per heavy atom. The quantitative estimate of drug-likeness (QED) is 0.905. The van der Waals surface area contributed by atoms with Crippen molar-refractivity contribution in [2.24, 2.45) is 0 Å². The zero-order chi connectivity index (χ0) is 14.6. The van der Waals surface area contributed by atoms with Gasteiger partial charge in [-0.3, -0.25) is 0 Å².